The van der Waals surface area contributed by atoms with Crippen molar-refractivity contribution in [3.63, 3.8) is 0 Å². The van der Waals surface area contributed by atoms with Crippen molar-refractivity contribution in [3.8, 4) is 5.75 Å². The molecular weight excluding hydrogens is 228 g/mol. The Kier molecular flexibility index (Phi) is 5.65. The Balaban J connectivity index is 2.79. The first kappa shape index (κ1) is 14.5. The molecule has 0 aliphatic carbocycles. The summed E-state index contributed by atoms with van der Waals surface area (Å²) in [4.78, 5) is 14.0. The maximum absolute atomic E-state index is 12.3. The number of rotatable bonds is 6. The van der Waals surface area contributed by atoms with E-state index in [0.717, 1.165) is 25.1 Å². The molecule has 1 amide bonds. The molecule has 100 valence electrons. The van der Waals surface area contributed by atoms with E-state index in [1.807, 2.05) is 39.2 Å². The number of carbonyl (C=O) groups excluding carboxylic acids is 1. The number of amides is 1. The second-order valence-electron chi connectivity index (χ2n) is 4.39. The summed E-state index contributed by atoms with van der Waals surface area (Å²) in [6.45, 7) is 3.61. The van der Waals surface area contributed by atoms with Crippen molar-refractivity contribution in [1.82, 2.24) is 10.2 Å². The minimum atomic E-state index is 0.00616. The Morgan fingerprint density at radius 3 is 2.78 bits per heavy atom. The van der Waals surface area contributed by atoms with E-state index in [4.69, 9.17) is 4.74 Å². The molecule has 1 aromatic rings. The van der Waals surface area contributed by atoms with Gasteiger partial charge in [-0.05, 0) is 39.1 Å². The molecule has 0 heterocycles. The number of nitrogens with zero attached hydrogens (tertiary/aromatic N) is 1. The molecule has 0 unspecified atom stereocenters. The average Bonchev–Trinajstić information content (AvgIpc) is 2.38. The fraction of sp³-hybridized carbons (Fsp3) is 0.500. The van der Waals surface area contributed by atoms with Crippen LogP contribution in [0, 0.1) is 6.92 Å². The SMILES string of the molecule is CNCCCN(C)C(=O)c1cc(C)ccc1OC. The van der Waals surface area contributed by atoms with E-state index in [9.17, 15) is 4.79 Å². The lowest BCUT2D eigenvalue weighted by Crippen LogP contribution is -2.29. The third-order valence-corrected chi connectivity index (χ3v) is 2.85. The average molecular weight is 250 g/mol. The Morgan fingerprint density at radius 2 is 2.17 bits per heavy atom. The molecule has 0 saturated carbocycles. The molecule has 1 N–H and O–H groups in total. The zero-order chi connectivity index (χ0) is 13.5. The highest BCUT2D eigenvalue weighted by Gasteiger charge is 2.16. The van der Waals surface area contributed by atoms with Crippen molar-refractivity contribution in [1.29, 1.82) is 0 Å². The third-order valence-electron chi connectivity index (χ3n) is 2.85. The summed E-state index contributed by atoms with van der Waals surface area (Å²) in [7, 11) is 5.31. The van der Waals surface area contributed by atoms with Gasteiger partial charge >= 0.3 is 0 Å². The molecule has 0 spiro atoms. The third kappa shape index (κ3) is 3.74. The molecular formula is C14H22N2O2. The second-order valence-corrected chi connectivity index (χ2v) is 4.39. The Bertz CT molecular complexity index is 405. The van der Waals surface area contributed by atoms with E-state index in [2.05, 4.69) is 5.32 Å². The summed E-state index contributed by atoms with van der Waals surface area (Å²) < 4.78 is 5.24. The number of methoxy groups -OCH3 is 1. The maximum atomic E-state index is 12.3. The van der Waals surface area contributed by atoms with Gasteiger partial charge in [0.15, 0.2) is 0 Å². The van der Waals surface area contributed by atoms with Crippen LogP contribution in [0.4, 0.5) is 0 Å². The van der Waals surface area contributed by atoms with Gasteiger partial charge in [-0.3, -0.25) is 4.79 Å². The van der Waals surface area contributed by atoms with Crippen LogP contribution in [0.1, 0.15) is 22.3 Å². The number of hydrogen-bond acceptors (Lipinski definition) is 3. The van der Waals surface area contributed by atoms with Crippen LogP contribution in [0.15, 0.2) is 18.2 Å². The highest BCUT2D eigenvalue weighted by atomic mass is 16.5. The molecule has 0 aliphatic heterocycles. The van der Waals surface area contributed by atoms with Crippen molar-refractivity contribution in [2.75, 3.05) is 34.3 Å². The standard InChI is InChI=1S/C14H22N2O2/c1-11-6-7-13(18-4)12(10-11)14(17)16(3)9-5-8-15-2/h6-7,10,15H,5,8-9H2,1-4H3. The van der Waals surface area contributed by atoms with Gasteiger partial charge < -0.3 is 15.0 Å². The lowest BCUT2D eigenvalue weighted by atomic mass is 10.1. The van der Waals surface area contributed by atoms with E-state index < -0.39 is 0 Å². The smallest absolute Gasteiger partial charge is 0.257 e. The Labute approximate surface area is 109 Å². The van der Waals surface area contributed by atoms with Crippen LogP contribution in [0.3, 0.4) is 0 Å². The molecule has 4 nitrogen and oxygen atoms in total. The number of benzene rings is 1. The van der Waals surface area contributed by atoms with Crippen LogP contribution in [-0.4, -0.2) is 45.1 Å². The minimum Gasteiger partial charge on any atom is -0.496 e. The molecule has 0 aliphatic rings. The van der Waals surface area contributed by atoms with Gasteiger partial charge in [0.05, 0.1) is 12.7 Å². The topological polar surface area (TPSA) is 41.6 Å². The summed E-state index contributed by atoms with van der Waals surface area (Å²) in [5.74, 6) is 0.637. The van der Waals surface area contributed by atoms with E-state index in [1.54, 1.807) is 12.0 Å². The normalized spacial score (nSPS) is 10.2. The summed E-state index contributed by atoms with van der Waals surface area (Å²) >= 11 is 0. The van der Waals surface area contributed by atoms with Crippen LogP contribution >= 0.6 is 0 Å². The molecule has 18 heavy (non-hydrogen) atoms. The van der Waals surface area contributed by atoms with Gasteiger partial charge in [-0.25, -0.2) is 0 Å². The first-order valence-corrected chi connectivity index (χ1v) is 6.15. The van der Waals surface area contributed by atoms with E-state index in [1.165, 1.54) is 0 Å². The first-order chi connectivity index (χ1) is 8.60. The highest BCUT2D eigenvalue weighted by molar-refractivity contribution is 5.97. The molecule has 0 radical (unpaired) electrons. The molecule has 4 heteroatoms. The van der Waals surface area contributed by atoms with Gasteiger partial charge in [0.2, 0.25) is 0 Å². The van der Waals surface area contributed by atoms with Crippen molar-refractivity contribution in [2.45, 2.75) is 13.3 Å². The second kappa shape index (κ2) is 7.01. The Morgan fingerprint density at radius 1 is 1.44 bits per heavy atom. The quantitative estimate of drug-likeness (QED) is 0.781. The number of carbonyl (C=O) groups is 1. The molecule has 0 bridgehead atoms. The van der Waals surface area contributed by atoms with E-state index in [0.29, 0.717) is 11.3 Å². The highest BCUT2D eigenvalue weighted by Crippen LogP contribution is 2.21. The lowest BCUT2D eigenvalue weighted by molar-refractivity contribution is 0.0790. The number of nitrogens with one attached hydrogen (secondary N) is 1. The first-order valence-electron chi connectivity index (χ1n) is 6.15. The van der Waals surface area contributed by atoms with Crippen molar-refractivity contribution < 1.29 is 9.53 Å². The van der Waals surface area contributed by atoms with Gasteiger partial charge in [-0.15, -0.1) is 0 Å². The monoisotopic (exact) mass is 250 g/mol. The van der Waals surface area contributed by atoms with Crippen LogP contribution in [0.2, 0.25) is 0 Å². The molecule has 0 atom stereocenters. The summed E-state index contributed by atoms with van der Waals surface area (Å²) in [6, 6.07) is 5.65. The number of aryl methyl sites for hydroxylation is 1. The fourth-order valence-electron chi connectivity index (χ4n) is 1.79. The number of hydrogen-bond donors (Lipinski definition) is 1. The molecule has 0 aromatic heterocycles. The summed E-state index contributed by atoms with van der Waals surface area (Å²) in [5, 5.41) is 3.07. The summed E-state index contributed by atoms with van der Waals surface area (Å²) in [6.07, 6.45) is 0.937. The van der Waals surface area contributed by atoms with Crippen LogP contribution < -0.4 is 10.1 Å². The predicted molar refractivity (Wildman–Crippen MR) is 73.2 cm³/mol. The number of ether oxygens (including phenoxy) is 1. The maximum Gasteiger partial charge on any atom is 0.257 e. The van der Waals surface area contributed by atoms with Gasteiger partial charge in [0, 0.05) is 13.6 Å². The summed E-state index contributed by atoms with van der Waals surface area (Å²) in [5.41, 5.74) is 1.69. The van der Waals surface area contributed by atoms with E-state index >= 15 is 0 Å². The predicted octanol–water partition coefficient (Wildman–Crippen LogP) is 1.69. The van der Waals surface area contributed by atoms with Gasteiger partial charge in [-0.2, -0.15) is 0 Å². The van der Waals surface area contributed by atoms with Crippen molar-refractivity contribution in [3.05, 3.63) is 29.3 Å². The van der Waals surface area contributed by atoms with Gasteiger partial charge in [0.1, 0.15) is 5.75 Å². The fourth-order valence-corrected chi connectivity index (χ4v) is 1.79. The molecule has 1 aromatic carbocycles. The zero-order valence-corrected chi connectivity index (χ0v) is 11.6. The van der Waals surface area contributed by atoms with Crippen LogP contribution in [0.5, 0.6) is 5.75 Å². The van der Waals surface area contributed by atoms with Crippen molar-refractivity contribution in [2.24, 2.45) is 0 Å². The van der Waals surface area contributed by atoms with Crippen molar-refractivity contribution >= 4 is 5.91 Å². The molecule has 0 fully saturated rings. The van der Waals surface area contributed by atoms with Crippen LogP contribution in [0.25, 0.3) is 0 Å². The lowest BCUT2D eigenvalue weighted by Gasteiger charge is -2.19. The Hall–Kier alpha value is -1.55. The van der Waals surface area contributed by atoms with Gasteiger partial charge in [-0.1, -0.05) is 11.6 Å². The van der Waals surface area contributed by atoms with Gasteiger partial charge in [0.25, 0.3) is 5.91 Å². The largest absolute Gasteiger partial charge is 0.496 e. The van der Waals surface area contributed by atoms with Crippen LogP contribution in [-0.2, 0) is 0 Å². The minimum absolute atomic E-state index is 0.00616. The zero-order valence-electron chi connectivity index (χ0n) is 11.6. The molecule has 1 rings (SSSR count). The van der Waals surface area contributed by atoms with E-state index in [-0.39, 0.29) is 5.91 Å². The molecule has 0 saturated heterocycles.